The van der Waals surface area contributed by atoms with Crippen molar-refractivity contribution in [2.45, 2.75) is 6.10 Å². The summed E-state index contributed by atoms with van der Waals surface area (Å²) in [6.45, 7) is -0.729. The summed E-state index contributed by atoms with van der Waals surface area (Å²) >= 11 is 0. The summed E-state index contributed by atoms with van der Waals surface area (Å²) in [5.74, 6) is 0. The van der Waals surface area contributed by atoms with Crippen LogP contribution in [0.4, 0.5) is 0 Å². The van der Waals surface area contributed by atoms with Gasteiger partial charge in [0, 0.05) is 0 Å². The monoisotopic (exact) mass is 184 g/mol. The summed E-state index contributed by atoms with van der Waals surface area (Å²) in [6, 6.07) is 0. The van der Waals surface area contributed by atoms with Crippen molar-refractivity contribution >= 4 is 0 Å². The number of rotatable bonds is 2. The third-order valence-electron chi connectivity index (χ3n) is 0.421. The maximum Gasteiger partial charge on any atom is 1.00 e. The van der Waals surface area contributed by atoms with Gasteiger partial charge in [-0.1, -0.05) is 0 Å². The van der Waals surface area contributed by atoms with Crippen LogP contribution in [0.25, 0.3) is 0 Å². The zero-order valence-corrected chi connectivity index (χ0v) is 15.3. The van der Waals surface area contributed by atoms with E-state index in [-0.39, 0.29) is 131 Å². The predicted octanol–water partition coefficient (Wildman–Crippen LogP) is -13.7. The Bertz CT molecular complexity index is 34.9. The fourth-order valence-electron chi connectivity index (χ4n) is 0.0577. The predicted molar refractivity (Wildman–Crippen MR) is 20.2 cm³/mol. The van der Waals surface area contributed by atoms with Gasteiger partial charge in [0.1, 0.15) is 6.10 Å². The molecule has 0 saturated heterocycles. The van der Waals surface area contributed by atoms with Gasteiger partial charge in [-0.25, -0.2) is 0 Å². The second-order valence-electron chi connectivity index (χ2n) is 1.02. The van der Waals surface area contributed by atoms with Crippen LogP contribution >= 0.6 is 0 Å². The number of aliphatic hydroxyl groups is 3. The van der Waals surface area contributed by atoms with E-state index in [0.717, 1.165) is 0 Å². The van der Waals surface area contributed by atoms with Crippen molar-refractivity contribution in [2.24, 2.45) is 0 Å². The van der Waals surface area contributed by atoms with Crippen LogP contribution in [0.1, 0.15) is 0 Å². The minimum absolute atomic E-state index is 0. The standard InChI is InChI=1S/C3H8O3.4Na/c4-1-3(6)2-5;;;;/h3-6H,1-2H2;;;;/q;4*+1. The zero-order valence-electron chi connectivity index (χ0n) is 7.33. The van der Waals surface area contributed by atoms with Crippen molar-refractivity contribution in [3.05, 3.63) is 0 Å². The van der Waals surface area contributed by atoms with Crippen LogP contribution in [-0.2, 0) is 0 Å². The largest absolute Gasteiger partial charge is 1.00 e. The molecule has 7 heteroatoms. The molecule has 0 fully saturated rings. The van der Waals surface area contributed by atoms with Crippen LogP contribution in [0, 0.1) is 0 Å². The zero-order chi connectivity index (χ0) is 4.99. The minimum Gasteiger partial charge on any atom is -0.394 e. The maximum absolute atomic E-state index is 8.17. The van der Waals surface area contributed by atoms with Gasteiger partial charge in [0.2, 0.25) is 0 Å². The average Bonchev–Trinajstić information content (AvgIpc) is 1.65. The van der Waals surface area contributed by atoms with Gasteiger partial charge < -0.3 is 15.3 Å². The molecule has 0 saturated carbocycles. The molecule has 0 amide bonds. The van der Waals surface area contributed by atoms with E-state index in [9.17, 15) is 0 Å². The Kier molecular flexibility index (Phi) is 67.3. The van der Waals surface area contributed by atoms with E-state index in [2.05, 4.69) is 0 Å². The van der Waals surface area contributed by atoms with Crippen LogP contribution in [0.2, 0.25) is 0 Å². The van der Waals surface area contributed by atoms with Gasteiger partial charge >= 0.3 is 118 Å². The molecule has 0 aliphatic heterocycles. The van der Waals surface area contributed by atoms with Crippen LogP contribution in [0.15, 0.2) is 0 Å². The molecule has 0 aromatic heterocycles. The normalized spacial score (nSPS) is 6.00. The molecule has 0 spiro atoms. The maximum atomic E-state index is 8.17. The van der Waals surface area contributed by atoms with Crippen molar-refractivity contribution in [3.8, 4) is 0 Å². The fraction of sp³-hybridized carbons (Fsp3) is 1.00. The molecule has 0 atom stereocenters. The molecule has 38 valence electrons. The molecule has 0 radical (unpaired) electrons. The Morgan fingerprint density at radius 2 is 1.00 bits per heavy atom. The smallest absolute Gasteiger partial charge is 0.394 e. The van der Waals surface area contributed by atoms with Crippen molar-refractivity contribution in [1.82, 2.24) is 0 Å². The minimum atomic E-state index is -0.954. The van der Waals surface area contributed by atoms with E-state index < -0.39 is 6.10 Å². The van der Waals surface area contributed by atoms with Gasteiger partial charge in [0.05, 0.1) is 13.2 Å². The molecular formula is C3H8Na4O3+4. The van der Waals surface area contributed by atoms with Crippen molar-refractivity contribution in [3.63, 3.8) is 0 Å². The first-order chi connectivity index (χ1) is 2.81. The number of hydrogen-bond donors (Lipinski definition) is 3. The molecule has 3 nitrogen and oxygen atoms in total. The van der Waals surface area contributed by atoms with E-state index in [0.29, 0.717) is 0 Å². The molecule has 0 unspecified atom stereocenters. The third kappa shape index (κ3) is 22.6. The second kappa shape index (κ2) is 23.1. The van der Waals surface area contributed by atoms with E-state index >= 15 is 0 Å². The average molecular weight is 184 g/mol. The summed E-state index contributed by atoms with van der Waals surface area (Å²) in [5, 5.41) is 24.0. The number of hydrogen-bond acceptors (Lipinski definition) is 3. The van der Waals surface area contributed by atoms with Crippen LogP contribution in [0.5, 0.6) is 0 Å². The first-order valence-corrected chi connectivity index (χ1v) is 1.71. The summed E-state index contributed by atoms with van der Waals surface area (Å²) in [7, 11) is 0. The molecule has 3 N–H and O–H groups in total. The molecule has 0 aliphatic rings. The topological polar surface area (TPSA) is 60.7 Å². The van der Waals surface area contributed by atoms with Crippen LogP contribution < -0.4 is 118 Å². The first kappa shape index (κ1) is 29.2. The summed E-state index contributed by atoms with van der Waals surface area (Å²) < 4.78 is 0. The molecule has 10 heavy (non-hydrogen) atoms. The van der Waals surface area contributed by atoms with Gasteiger partial charge in [-0.2, -0.15) is 0 Å². The first-order valence-electron chi connectivity index (χ1n) is 1.71. The Hall–Kier alpha value is 3.88. The molecule has 0 aromatic rings. The van der Waals surface area contributed by atoms with E-state index in [4.69, 9.17) is 15.3 Å². The second-order valence-corrected chi connectivity index (χ2v) is 1.02. The molecule has 0 heterocycles. The molecule has 0 aliphatic carbocycles. The van der Waals surface area contributed by atoms with Crippen molar-refractivity contribution in [2.75, 3.05) is 13.2 Å². The molecular weight excluding hydrogens is 176 g/mol. The van der Waals surface area contributed by atoms with Gasteiger partial charge in [-0.3, -0.25) is 0 Å². The van der Waals surface area contributed by atoms with Crippen molar-refractivity contribution in [1.29, 1.82) is 0 Å². The molecule has 0 aromatic carbocycles. The molecule has 0 rings (SSSR count). The van der Waals surface area contributed by atoms with Gasteiger partial charge in [-0.15, -0.1) is 0 Å². The molecule has 0 bridgehead atoms. The summed E-state index contributed by atoms with van der Waals surface area (Å²) in [4.78, 5) is 0. The Morgan fingerprint density at radius 1 is 0.800 bits per heavy atom. The third-order valence-corrected chi connectivity index (χ3v) is 0.421. The fourth-order valence-corrected chi connectivity index (χ4v) is 0.0577. The Morgan fingerprint density at radius 3 is 1.00 bits per heavy atom. The Balaban J connectivity index is -0.0000000208. The summed E-state index contributed by atoms with van der Waals surface area (Å²) in [5.41, 5.74) is 0. The van der Waals surface area contributed by atoms with Crippen LogP contribution in [-0.4, -0.2) is 34.6 Å². The van der Waals surface area contributed by atoms with Gasteiger partial charge in [0.15, 0.2) is 0 Å². The Labute approximate surface area is 150 Å². The summed E-state index contributed by atoms with van der Waals surface area (Å²) in [6.07, 6.45) is -0.954. The van der Waals surface area contributed by atoms with Crippen LogP contribution in [0.3, 0.4) is 0 Å². The SMILES string of the molecule is OCC(O)CO.[Na+].[Na+].[Na+].[Na+]. The van der Waals surface area contributed by atoms with E-state index in [1.165, 1.54) is 0 Å². The van der Waals surface area contributed by atoms with Crippen molar-refractivity contribution < 1.29 is 134 Å². The quantitative estimate of drug-likeness (QED) is 0.373. The van der Waals surface area contributed by atoms with E-state index in [1.807, 2.05) is 0 Å². The number of aliphatic hydroxyl groups excluding tert-OH is 3. The van der Waals surface area contributed by atoms with Gasteiger partial charge in [-0.05, 0) is 0 Å². The van der Waals surface area contributed by atoms with E-state index in [1.54, 1.807) is 0 Å². The van der Waals surface area contributed by atoms with Gasteiger partial charge in [0.25, 0.3) is 0 Å².